The van der Waals surface area contributed by atoms with E-state index in [9.17, 15) is 4.79 Å². The third kappa shape index (κ3) is 4.93. The number of ketones is 1. The highest BCUT2D eigenvalue weighted by atomic mass is 16.5. The first-order valence-electron chi connectivity index (χ1n) is 12.9. The predicted octanol–water partition coefficient (Wildman–Crippen LogP) is 4.64. The van der Waals surface area contributed by atoms with Crippen LogP contribution in [0.3, 0.4) is 0 Å². The molecular formula is C28H36N2O4. The lowest BCUT2D eigenvalue weighted by Crippen LogP contribution is -2.25. The molecule has 0 saturated carbocycles. The van der Waals surface area contributed by atoms with Gasteiger partial charge in [0.25, 0.3) is 0 Å². The Morgan fingerprint density at radius 2 is 1.35 bits per heavy atom. The van der Waals surface area contributed by atoms with Crippen molar-refractivity contribution in [1.82, 2.24) is 9.80 Å². The third-order valence-electron chi connectivity index (χ3n) is 7.04. The lowest BCUT2D eigenvalue weighted by atomic mass is 10.0. The van der Waals surface area contributed by atoms with Crippen molar-refractivity contribution in [3.8, 4) is 28.4 Å². The van der Waals surface area contributed by atoms with Crippen LogP contribution >= 0.6 is 0 Å². The van der Waals surface area contributed by atoms with Crippen LogP contribution in [0.4, 0.5) is 0 Å². The molecule has 34 heavy (non-hydrogen) atoms. The minimum absolute atomic E-state index is 0.0151. The van der Waals surface area contributed by atoms with Crippen LogP contribution < -0.4 is 14.2 Å². The number of benzene rings is 2. The van der Waals surface area contributed by atoms with Crippen LogP contribution in [-0.2, 0) is 0 Å². The summed E-state index contributed by atoms with van der Waals surface area (Å²) < 4.78 is 18.5. The van der Waals surface area contributed by atoms with Crippen molar-refractivity contribution in [2.45, 2.75) is 39.0 Å². The summed E-state index contributed by atoms with van der Waals surface area (Å²) in [5.41, 5.74) is 3.04. The molecule has 2 aromatic carbocycles. The van der Waals surface area contributed by atoms with Crippen LogP contribution in [0.2, 0.25) is 0 Å². The van der Waals surface area contributed by atoms with Gasteiger partial charge in [0.1, 0.15) is 30.5 Å². The van der Waals surface area contributed by atoms with E-state index in [-0.39, 0.29) is 5.78 Å². The zero-order valence-corrected chi connectivity index (χ0v) is 20.3. The van der Waals surface area contributed by atoms with E-state index in [0.29, 0.717) is 42.4 Å². The molecule has 0 unspecified atom stereocenters. The van der Waals surface area contributed by atoms with Gasteiger partial charge in [-0.2, -0.15) is 0 Å². The van der Waals surface area contributed by atoms with Gasteiger partial charge in [-0.25, -0.2) is 0 Å². The lowest BCUT2D eigenvalue weighted by molar-refractivity contribution is 0.104. The van der Waals surface area contributed by atoms with Gasteiger partial charge in [0.05, 0.1) is 6.61 Å². The van der Waals surface area contributed by atoms with Gasteiger partial charge in [0, 0.05) is 41.4 Å². The standard InChI is InChI=1S/C28H36N2O4/c1-2-16-33-25-20-21(32-17-14-29-10-3-4-11-29)19-23-27(25)26-22(28(23)31)8-7-9-24(26)34-18-15-30-12-5-6-13-30/h7-9,19-20H,2-6,10-18H2,1H3. The van der Waals surface area contributed by atoms with Crippen molar-refractivity contribution in [3.05, 3.63) is 41.5 Å². The van der Waals surface area contributed by atoms with Gasteiger partial charge in [0.2, 0.25) is 0 Å². The second kappa shape index (κ2) is 10.8. The molecule has 2 saturated heterocycles. The van der Waals surface area contributed by atoms with Crippen molar-refractivity contribution < 1.29 is 19.0 Å². The zero-order chi connectivity index (χ0) is 23.3. The Balaban J connectivity index is 1.39. The Labute approximate surface area is 202 Å². The summed E-state index contributed by atoms with van der Waals surface area (Å²) in [4.78, 5) is 18.3. The number of nitrogens with zero attached hydrogens (tertiary/aromatic N) is 2. The molecule has 0 bridgehead atoms. The highest BCUT2D eigenvalue weighted by molar-refractivity contribution is 6.23. The number of fused-ring (bicyclic) bond motifs is 3. The van der Waals surface area contributed by atoms with E-state index in [1.165, 1.54) is 25.7 Å². The lowest BCUT2D eigenvalue weighted by Gasteiger charge is -2.18. The van der Waals surface area contributed by atoms with Gasteiger partial charge in [-0.1, -0.05) is 19.1 Å². The molecule has 2 heterocycles. The molecule has 0 N–H and O–H groups in total. The quantitative estimate of drug-likeness (QED) is 0.412. The maximum atomic E-state index is 13.4. The molecule has 182 valence electrons. The van der Waals surface area contributed by atoms with E-state index in [2.05, 4.69) is 16.7 Å². The first kappa shape index (κ1) is 23.2. The van der Waals surface area contributed by atoms with Gasteiger partial charge < -0.3 is 14.2 Å². The zero-order valence-electron chi connectivity index (χ0n) is 20.3. The third-order valence-corrected chi connectivity index (χ3v) is 7.04. The minimum Gasteiger partial charge on any atom is -0.493 e. The monoisotopic (exact) mass is 464 g/mol. The van der Waals surface area contributed by atoms with Crippen molar-refractivity contribution in [2.75, 3.05) is 59.1 Å². The molecule has 2 aliphatic heterocycles. The van der Waals surface area contributed by atoms with Crippen molar-refractivity contribution >= 4 is 5.78 Å². The fourth-order valence-corrected chi connectivity index (χ4v) is 5.27. The van der Waals surface area contributed by atoms with Crippen molar-refractivity contribution in [2.24, 2.45) is 0 Å². The number of likely N-dealkylation sites (tertiary alicyclic amines) is 2. The van der Waals surface area contributed by atoms with Crippen LogP contribution in [0, 0.1) is 0 Å². The fraction of sp³-hybridized carbons (Fsp3) is 0.536. The second-order valence-electron chi connectivity index (χ2n) is 9.49. The van der Waals surface area contributed by atoms with Crippen LogP contribution in [0.1, 0.15) is 54.9 Å². The van der Waals surface area contributed by atoms with Crippen LogP contribution in [0.5, 0.6) is 17.2 Å². The van der Waals surface area contributed by atoms with Crippen LogP contribution in [0.25, 0.3) is 11.1 Å². The number of ether oxygens (including phenoxy) is 3. The average Bonchev–Trinajstić information content (AvgIpc) is 3.61. The summed E-state index contributed by atoms with van der Waals surface area (Å²) in [6.07, 6.45) is 5.96. The Morgan fingerprint density at radius 3 is 2.03 bits per heavy atom. The fourth-order valence-electron chi connectivity index (χ4n) is 5.27. The summed E-state index contributed by atoms with van der Waals surface area (Å²) in [6.45, 7) is 10.3. The number of hydrogen-bond donors (Lipinski definition) is 0. The molecule has 0 amide bonds. The van der Waals surface area contributed by atoms with Gasteiger partial charge in [-0.15, -0.1) is 0 Å². The van der Waals surface area contributed by atoms with Gasteiger partial charge in [-0.05, 0) is 70.4 Å². The maximum absolute atomic E-state index is 13.4. The maximum Gasteiger partial charge on any atom is 0.194 e. The largest absolute Gasteiger partial charge is 0.493 e. The topological polar surface area (TPSA) is 51.2 Å². The summed E-state index contributed by atoms with van der Waals surface area (Å²) in [5, 5.41) is 0. The number of carbonyl (C=O) groups excluding carboxylic acids is 1. The van der Waals surface area contributed by atoms with E-state index in [1.807, 2.05) is 30.3 Å². The summed E-state index contributed by atoms with van der Waals surface area (Å²) in [7, 11) is 0. The predicted molar refractivity (Wildman–Crippen MR) is 133 cm³/mol. The minimum atomic E-state index is 0.0151. The Morgan fingerprint density at radius 1 is 0.735 bits per heavy atom. The van der Waals surface area contributed by atoms with E-state index in [1.54, 1.807) is 0 Å². The highest BCUT2D eigenvalue weighted by Gasteiger charge is 2.33. The average molecular weight is 465 g/mol. The van der Waals surface area contributed by atoms with Gasteiger partial charge >= 0.3 is 0 Å². The molecule has 6 nitrogen and oxygen atoms in total. The first-order chi connectivity index (χ1) is 16.7. The van der Waals surface area contributed by atoms with E-state index < -0.39 is 0 Å². The molecular weight excluding hydrogens is 428 g/mol. The molecule has 5 rings (SSSR count). The molecule has 0 spiro atoms. The molecule has 6 heteroatoms. The smallest absolute Gasteiger partial charge is 0.194 e. The van der Waals surface area contributed by atoms with Crippen molar-refractivity contribution in [1.29, 1.82) is 0 Å². The van der Waals surface area contributed by atoms with Crippen LogP contribution in [0.15, 0.2) is 30.3 Å². The molecule has 3 aliphatic rings. The van der Waals surface area contributed by atoms with Crippen LogP contribution in [-0.4, -0.2) is 74.7 Å². The number of carbonyl (C=O) groups is 1. The van der Waals surface area contributed by atoms with E-state index >= 15 is 0 Å². The summed E-state index contributed by atoms with van der Waals surface area (Å²) in [6, 6.07) is 9.60. The summed E-state index contributed by atoms with van der Waals surface area (Å²) >= 11 is 0. The number of hydrogen-bond acceptors (Lipinski definition) is 6. The Kier molecular flexibility index (Phi) is 7.36. The Bertz CT molecular complexity index is 1010. The highest BCUT2D eigenvalue weighted by Crippen LogP contribution is 2.49. The van der Waals surface area contributed by atoms with Gasteiger partial charge in [0.15, 0.2) is 5.78 Å². The molecule has 0 aromatic heterocycles. The molecule has 1 aliphatic carbocycles. The normalized spacial score (nSPS) is 17.7. The van der Waals surface area contributed by atoms with E-state index in [4.69, 9.17) is 14.2 Å². The Hall–Kier alpha value is -2.57. The SMILES string of the molecule is CCCOc1cc(OCCN2CCCC2)cc2c1-c1c(OCCN3CCCC3)cccc1C2=O. The molecule has 0 radical (unpaired) electrons. The van der Waals surface area contributed by atoms with E-state index in [0.717, 1.165) is 62.6 Å². The second-order valence-corrected chi connectivity index (χ2v) is 9.49. The van der Waals surface area contributed by atoms with Crippen molar-refractivity contribution in [3.63, 3.8) is 0 Å². The molecule has 2 fully saturated rings. The molecule has 2 aromatic rings. The molecule has 0 atom stereocenters. The summed E-state index contributed by atoms with van der Waals surface area (Å²) in [5.74, 6) is 2.18. The first-order valence-corrected chi connectivity index (χ1v) is 12.9. The number of rotatable bonds is 11. The van der Waals surface area contributed by atoms with Gasteiger partial charge in [-0.3, -0.25) is 14.6 Å².